The van der Waals surface area contributed by atoms with Crippen LogP contribution in [0, 0.1) is 22.7 Å². The van der Waals surface area contributed by atoms with Gasteiger partial charge in [0.05, 0.1) is 7.11 Å². The number of rotatable bonds is 8. The van der Waals surface area contributed by atoms with Crippen LogP contribution < -0.4 is 15.4 Å². The van der Waals surface area contributed by atoms with E-state index in [4.69, 9.17) is 4.74 Å². The molecule has 4 rings (SSSR count). The molecular weight excluding hydrogens is 438 g/mol. The van der Waals surface area contributed by atoms with E-state index in [1.807, 2.05) is 60.7 Å². The van der Waals surface area contributed by atoms with E-state index in [-0.39, 0.29) is 16.9 Å². The molecule has 35 heavy (non-hydrogen) atoms. The fourth-order valence-electron chi connectivity index (χ4n) is 3.76. The van der Waals surface area contributed by atoms with E-state index >= 15 is 0 Å². The van der Waals surface area contributed by atoms with Gasteiger partial charge in [-0.1, -0.05) is 66.7 Å². The predicted molar refractivity (Wildman–Crippen MR) is 135 cm³/mol. The molecule has 0 aliphatic rings. The number of aromatic nitrogens is 1. The molecule has 0 aliphatic carbocycles. The standard InChI is InChI=1S/C28H23N5O2/c1-35-25-13-12-21(14-24(25)34)26-22(15-29)27(31-17-19-8-4-2-5-9-19)33-28(23(26)16-30)32-18-20-10-6-3-7-11-20/h2-14,34H,17-18H2,1H3,(H2,31,32,33). The first-order chi connectivity index (χ1) is 17.1. The summed E-state index contributed by atoms with van der Waals surface area (Å²) in [7, 11) is 1.46. The zero-order valence-corrected chi connectivity index (χ0v) is 19.1. The molecule has 0 aliphatic heterocycles. The van der Waals surface area contributed by atoms with Crippen molar-refractivity contribution < 1.29 is 9.84 Å². The number of anilines is 2. The zero-order chi connectivity index (χ0) is 24.6. The summed E-state index contributed by atoms with van der Waals surface area (Å²) in [5.41, 5.74) is 3.35. The number of ether oxygens (including phenoxy) is 1. The van der Waals surface area contributed by atoms with Crippen molar-refractivity contribution in [3.05, 3.63) is 101 Å². The van der Waals surface area contributed by atoms with E-state index in [1.54, 1.807) is 12.1 Å². The van der Waals surface area contributed by atoms with Crippen molar-refractivity contribution in [1.82, 2.24) is 4.98 Å². The highest BCUT2D eigenvalue weighted by Crippen LogP contribution is 2.39. The number of aromatic hydroxyl groups is 1. The van der Waals surface area contributed by atoms with Gasteiger partial charge >= 0.3 is 0 Å². The Balaban J connectivity index is 1.83. The van der Waals surface area contributed by atoms with Gasteiger partial charge in [0, 0.05) is 18.7 Å². The summed E-state index contributed by atoms with van der Waals surface area (Å²) in [4.78, 5) is 4.63. The lowest BCUT2D eigenvalue weighted by atomic mass is 9.95. The lowest BCUT2D eigenvalue weighted by molar-refractivity contribution is 0.373. The minimum atomic E-state index is -0.0906. The molecular formula is C28H23N5O2. The smallest absolute Gasteiger partial charge is 0.160 e. The minimum absolute atomic E-state index is 0.0906. The molecule has 0 saturated heterocycles. The lowest BCUT2D eigenvalue weighted by Gasteiger charge is -2.18. The van der Waals surface area contributed by atoms with Gasteiger partial charge in [0.1, 0.15) is 34.9 Å². The summed E-state index contributed by atoms with van der Waals surface area (Å²) in [5, 5.41) is 37.1. The average Bonchev–Trinajstić information content (AvgIpc) is 2.91. The second-order valence-corrected chi connectivity index (χ2v) is 7.72. The second-order valence-electron chi connectivity index (χ2n) is 7.72. The summed E-state index contributed by atoms with van der Waals surface area (Å²) < 4.78 is 5.15. The number of phenolic OH excluding ortho intramolecular Hbond substituents is 1. The van der Waals surface area contributed by atoms with Crippen LogP contribution in [0.4, 0.5) is 11.6 Å². The quantitative estimate of drug-likeness (QED) is 0.320. The molecule has 7 nitrogen and oxygen atoms in total. The molecule has 3 aromatic carbocycles. The van der Waals surface area contributed by atoms with Crippen molar-refractivity contribution in [1.29, 1.82) is 10.5 Å². The third kappa shape index (κ3) is 5.16. The van der Waals surface area contributed by atoms with Gasteiger partial charge in [0.2, 0.25) is 0 Å². The Morgan fingerprint density at radius 1 is 0.800 bits per heavy atom. The van der Waals surface area contributed by atoms with Gasteiger partial charge in [-0.3, -0.25) is 0 Å². The molecule has 1 heterocycles. The van der Waals surface area contributed by atoms with Gasteiger partial charge in [0.25, 0.3) is 0 Å². The highest BCUT2D eigenvalue weighted by atomic mass is 16.5. The van der Waals surface area contributed by atoms with Gasteiger partial charge in [0.15, 0.2) is 11.5 Å². The van der Waals surface area contributed by atoms with Crippen LogP contribution in [0.3, 0.4) is 0 Å². The second kappa shape index (κ2) is 10.7. The van der Waals surface area contributed by atoms with Crippen molar-refractivity contribution in [2.45, 2.75) is 13.1 Å². The monoisotopic (exact) mass is 461 g/mol. The Kier molecular flexibility index (Phi) is 7.11. The molecule has 0 bridgehead atoms. The van der Waals surface area contributed by atoms with Crippen LogP contribution in [0.5, 0.6) is 11.5 Å². The maximum Gasteiger partial charge on any atom is 0.160 e. The minimum Gasteiger partial charge on any atom is -0.504 e. The van der Waals surface area contributed by atoms with Crippen molar-refractivity contribution in [2.24, 2.45) is 0 Å². The maximum absolute atomic E-state index is 10.4. The maximum atomic E-state index is 10.4. The summed E-state index contributed by atoms with van der Waals surface area (Å²) in [5.74, 6) is 0.893. The third-order valence-electron chi connectivity index (χ3n) is 5.49. The van der Waals surface area contributed by atoms with Gasteiger partial charge in [-0.25, -0.2) is 4.98 Å². The molecule has 0 spiro atoms. The SMILES string of the molecule is COc1ccc(-c2c(C#N)c(NCc3ccccc3)nc(NCc3ccccc3)c2C#N)cc1O. The molecule has 0 radical (unpaired) electrons. The summed E-state index contributed by atoms with van der Waals surface area (Å²) in [6.07, 6.45) is 0. The van der Waals surface area contributed by atoms with Crippen LogP contribution in [-0.2, 0) is 13.1 Å². The van der Waals surface area contributed by atoms with Gasteiger partial charge in [-0.2, -0.15) is 10.5 Å². The van der Waals surface area contributed by atoms with Gasteiger partial charge in [-0.15, -0.1) is 0 Å². The number of pyridine rings is 1. The number of phenols is 1. The van der Waals surface area contributed by atoms with E-state index in [2.05, 4.69) is 27.8 Å². The van der Waals surface area contributed by atoms with Crippen LogP contribution in [0.25, 0.3) is 11.1 Å². The Hall–Kier alpha value is -5.01. The number of nitrogens with one attached hydrogen (secondary N) is 2. The fourth-order valence-corrected chi connectivity index (χ4v) is 3.76. The van der Waals surface area contributed by atoms with Crippen LogP contribution in [0.15, 0.2) is 78.9 Å². The third-order valence-corrected chi connectivity index (χ3v) is 5.49. The van der Waals surface area contributed by atoms with E-state index in [1.165, 1.54) is 13.2 Å². The topological polar surface area (TPSA) is 114 Å². The molecule has 0 amide bonds. The Labute approximate surface area is 203 Å². The number of nitriles is 2. The molecule has 0 fully saturated rings. The van der Waals surface area contributed by atoms with E-state index in [9.17, 15) is 15.6 Å². The first-order valence-electron chi connectivity index (χ1n) is 11.0. The Bertz CT molecular complexity index is 1330. The molecule has 0 unspecified atom stereocenters. The number of hydrogen-bond acceptors (Lipinski definition) is 7. The summed E-state index contributed by atoms with van der Waals surface area (Å²) in [6.45, 7) is 0.889. The number of methoxy groups -OCH3 is 1. The van der Waals surface area contributed by atoms with Crippen LogP contribution >= 0.6 is 0 Å². The van der Waals surface area contributed by atoms with Gasteiger partial charge < -0.3 is 20.5 Å². The molecule has 4 aromatic rings. The molecule has 7 heteroatoms. The molecule has 172 valence electrons. The van der Waals surface area contributed by atoms with Crippen molar-refractivity contribution in [3.63, 3.8) is 0 Å². The average molecular weight is 462 g/mol. The van der Waals surface area contributed by atoms with Crippen molar-refractivity contribution in [3.8, 4) is 34.8 Å². The summed E-state index contributed by atoms with van der Waals surface area (Å²) in [6, 6.07) is 28.7. The highest BCUT2D eigenvalue weighted by molar-refractivity contribution is 5.86. The van der Waals surface area contributed by atoms with E-state index in [0.29, 0.717) is 41.6 Å². The number of benzene rings is 3. The Morgan fingerprint density at radius 3 is 1.74 bits per heavy atom. The molecule has 3 N–H and O–H groups in total. The Morgan fingerprint density at radius 2 is 1.31 bits per heavy atom. The van der Waals surface area contributed by atoms with E-state index in [0.717, 1.165) is 11.1 Å². The van der Waals surface area contributed by atoms with Crippen molar-refractivity contribution >= 4 is 11.6 Å². The molecule has 0 atom stereocenters. The van der Waals surface area contributed by atoms with Crippen LogP contribution in [-0.4, -0.2) is 17.2 Å². The van der Waals surface area contributed by atoms with Crippen LogP contribution in [0.2, 0.25) is 0 Å². The highest BCUT2D eigenvalue weighted by Gasteiger charge is 2.22. The molecule has 1 aromatic heterocycles. The van der Waals surface area contributed by atoms with Crippen molar-refractivity contribution in [2.75, 3.05) is 17.7 Å². The fraction of sp³-hybridized carbons (Fsp3) is 0.107. The van der Waals surface area contributed by atoms with Gasteiger partial charge in [-0.05, 0) is 28.8 Å². The lowest BCUT2D eigenvalue weighted by Crippen LogP contribution is -2.11. The predicted octanol–water partition coefficient (Wildman–Crippen LogP) is 5.43. The number of nitrogens with zero attached hydrogens (tertiary/aromatic N) is 3. The number of hydrogen-bond donors (Lipinski definition) is 3. The first kappa shape index (κ1) is 23.2. The summed E-state index contributed by atoms with van der Waals surface area (Å²) >= 11 is 0. The first-order valence-corrected chi connectivity index (χ1v) is 11.0. The largest absolute Gasteiger partial charge is 0.504 e. The molecule has 0 saturated carbocycles. The van der Waals surface area contributed by atoms with Crippen LogP contribution in [0.1, 0.15) is 22.3 Å². The normalized spacial score (nSPS) is 10.1. The zero-order valence-electron chi connectivity index (χ0n) is 19.1. The van der Waals surface area contributed by atoms with E-state index < -0.39 is 0 Å².